The summed E-state index contributed by atoms with van der Waals surface area (Å²) in [5.74, 6) is -0.336. The number of aryl methyl sites for hydroxylation is 1. The number of hydrogen-bond acceptors (Lipinski definition) is 5. The first-order valence-corrected chi connectivity index (χ1v) is 12.3. The van der Waals surface area contributed by atoms with Gasteiger partial charge in [-0.15, -0.1) is 0 Å². The number of hydrogen-bond donors (Lipinski definition) is 2. The number of aromatic amines is 1. The molecule has 4 aromatic rings. The standard InChI is InChI=1S/C28H32FN7/c1-17(2)33-27-18(3)10-20(12-26(27)29)25-15-31-28-24(25)11-21(13-30-28)19(4)34-22-14-32-36(16-22)23-6-8-35(5)9-7-23/h10-16,23,34H,4,6-9H2,1-3,5H3,(H,30,31). The number of fused-ring (bicyclic) bond motifs is 1. The van der Waals surface area contributed by atoms with Gasteiger partial charge >= 0.3 is 0 Å². The van der Waals surface area contributed by atoms with Gasteiger partial charge in [0.05, 0.1) is 17.9 Å². The number of nitrogens with one attached hydrogen (secondary N) is 2. The summed E-state index contributed by atoms with van der Waals surface area (Å²) in [6.07, 6.45) is 9.73. The molecular formula is C28H32FN7. The van der Waals surface area contributed by atoms with E-state index in [2.05, 4.69) is 48.6 Å². The molecule has 7 nitrogen and oxygen atoms in total. The zero-order valence-electron chi connectivity index (χ0n) is 21.3. The van der Waals surface area contributed by atoms with Crippen LogP contribution in [0.1, 0.15) is 43.9 Å². The number of aliphatic imine (C=N–C) groups is 1. The summed E-state index contributed by atoms with van der Waals surface area (Å²) in [6.45, 7) is 12.0. The van der Waals surface area contributed by atoms with Crippen LogP contribution in [0.25, 0.3) is 27.9 Å². The average molecular weight is 486 g/mol. The van der Waals surface area contributed by atoms with Gasteiger partial charge in [0.25, 0.3) is 0 Å². The molecule has 0 unspecified atom stereocenters. The monoisotopic (exact) mass is 485 g/mol. The van der Waals surface area contributed by atoms with E-state index in [9.17, 15) is 4.39 Å². The lowest BCUT2D eigenvalue weighted by Crippen LogP contribution is -2.31. The fourth-order valence-corrected chi connectivity index (χ4v) is 4.77. The fraction of sp³-hybridized carbons (Fsp3) is 0.321. The molecule has 1 saturated heterocycles. The highest BCUT2D eigenvalue weighted by molar-refractivity contribution is 5.96. The maximum absolute atomic E-state index is 14.9. The number of rotatable bonds is 6. The van der Waals surface area contributed by atoms with Crippen molar-refractivity contribution >= 4 is 33.8 Å². The van der Waals surface area contributed by atoms with Gasteiger partial charge in [0, 0.05) is 46.5 Å². The Kier molecular flexibility index (Phi) is 6.45. The number of aromatic nitrogens is 4. The molecule has 0 amide bonds. The largest absolute Gasteiger partial charge is 0.353 e. The Morgan fingerprint density at radius 3 is 2.69 bits per heavy atom. The molecule has 2 N–H and O–H groups in total. The SMILES string of the molecule is C=C(Nc1cnn(C2CCN(C)CC2)c1)c1cnc2[nH]cc(-c3cc(C)c(N=C(C)C)c(F)c3)c2c1. The lowest BCUT2D eigenvalue weighted by molar-refractivity contribution is 0.212. The topological polar surface area (TPSA) is 74.1 Å². The Labute approximate surface area is 210 Å². The van der Waals surface area contributed by atoms with Crippen molar-refractivity contribution in [1.29, 1.82) is 0 Å². The van der Waals surface area contributed by atoms with Crippen LogP contribution in [0, 0.1) is 12.7 Å². The molecule has 0 bridgehead atoms. The predicted molar refractivity (Wildman–Crippen MR) is 145 cm³/mol. The zero-order chi connectivity index (χ0) is 25.4. The third-order valence-corrected chi connectivity index (χ3v) is 6.74. The predicted octanol–water partition coefficient (Wildman–Crippen LogP) is 6.34. The third-order valence-electron chi connectivity index (χ3n) is 6.74. The number of likely N-dealkylation sites (tertiary alicyclic amines) is 1. The number of pyridine rings is 1. The van der Waals surface area contributed by atoms with E-state index in [1.54, 1.807) is 6.20 Å². The third kappa shape index (κ3) is 4.81. The van der Waals surface area contributed by atoms with Gasteiger partial charge in [-0.2, -0.15) is 5.10 Å². The lowest BCUT2D eigenvalue weighted by atomic mass is 10.0. The summed E-state index contributed by atoms with van der Waals surface area (Å²) in [6, 6.07) is 5.95. The average Bonchev–Trinajstić information content (AvgIpc) is 3.48. The Morgan fingerprint density at radius 1 is 1.19 bits per heavy atom. The molecule has 186 valence electrons. The molecule has 0 radical (unpaired) electrons. The van der Waals surface area contributed by atoms with Crippen LogP contribution in [0.3, 0.4) is 0 Å². The molecule has 1 aliphatic heterocycles. The van der Waals surface area contributed by atoms with Crippen molar-refractivity contribution in [3.05, 3.63) is 66.5 Å². The van der Waals surface area contributed by atoms with Crippen LogP contribution in [0.2, 0.25) is 0 Å². The summed E-state index contributed by atoms with van der Waals surface area (Å²) in [4.78, 5) is 14.5. The first-order valence-electron chi connectivity index (χ1n) is 12.3. The highest BCUT2D eigenvalue weighted by Crippen LogP contribution is 2.34. The molecule has 3 aromatic heterocycles. The van der Waals surface area contributed by atoms with Crippen molar-refractivity contribution in [2.24, 2.45) is 4.99 Å². The van der Waals surface area contributed by atoms with E-state index < -0.39 is 0 Å². The van der Waals surface area contributed by atoms with Gasteiger partial charge in [0.15, 0.2) is 0 Å². The first-order chi connectivity index (χ1) is 17.3. The number of benzene rings is 1. The van der Waals surface area contributed by atoms with Gasteiger partial charge in [-0.3, -0.25) is 9.67 Å². The highest BCUT2D eigenvalue weighted by atomic mass is 19.1. The molecule has 1 aliphatic rings. The molecule has 0 spiro atoms. The van der Waals surface area contributed by atoms with Crippen LogP contribution >= 0.6 is 0 Å². The highest BCUT2D eigenvalue weighted by Gasteiger charge is 2.19. The molecule has 0 saturated carbocycles. The second kappa shape index (κ2) is 9.70. The van der Waals surface area contributed by atoms with E-state index >= 15 is 0 Å². The van der Waals surface area contributed by atoms with Crippen molar-refractivity contribution < 1.29 is 4.39 Å². The van der Waals surface area contributed by atoms with Crippen molar-refractivity contribution in [1.82, 2.24) is 24.6 Å². The minimum absolute atomic E-state index is 0.336. The molecule has 0 atom stereocenters. The lowest BCUT2D eigenvalue weighted by Gasteiger charge is -2.28. The molecule has 36 heavy (non-hydrogen) atoms. The van der Waals surface area contributed by atoms with E-state index in [4.69, 9.17) is 0 Å². The van der Waals surface area contributed by atoms with Gasteiger partial charge in [-0.1, -0.05) is 6.58 Å². The van der Waals surface area contributed by atoms with Crippen molar-refractivity contribution in [2.45, 2.75) is 39.7 Å². The molecule has 4 heterocycles. The number of halogens is 1. The van der Waals surface area contributed by atoms with Gasteiger partial charge in [0.2, 0.25) is 0 Å². The van der Waals surface area contributed by atoms with E-state index in [1.165, 1.54) is 6.07 Å². The Hall–Kier alpha value is -3.78. The van der Waals surface area contributed by atoms with Crippen LogP contribution in [-0.4, -0.2) is 50.5 Å². The number of anilines is 1. The minimum atomic E-state index is -0.336. The second-order valence-corrected chi connectivity index (χ2v) is 9.85. The number of piperidine rings is 1. The van der Waals surface area contributed by atoms with Gasteiger partial charge in [-0.25, -0.2) is 9.37 Å². The first kappa shape index (κ1) is 23.9. The van der Waals surface area contributed by atoms with Crippen LogP contribution < -0.4 is 5.32 Å². The maximum atomic E-state index is 14.9. The molecule has 1 aromatic carbocycles. The maximum Gasteiger partial charge on any atom is 0.149 e. The van der Waals surface area contributed by atoms with E-state index in [-0.39, 0.29) is 5.82 Å². The zero-order valence-corrected chi connectivity index (χ0v) is 21.3. The van der Waals surface area contributed by atoms with Crippen LogP contribution in [0.4, 0.5) is 15.8 Å². The molecule has 0 aliphatic carbocycles. The quantitative estimate of drug-likeness (QED) is 0.313. The van der Waals surface area contributed by atoms with Crippen molar-refractivity contribution in [3.8, 4) is 11.1 Å². The molecule has 5 rings (SSSR count). The summed E-state index contributed by atoms with van der Waals surface area (Å²) in [7, 11) is 2.16. The van der Waals surface area contributed by atoms with E-state index in [0.29, 0.717) is 11.7 Å². The summed E-state index contributed by atoms with van der Waals surface area (Å²) in [5, 5.41) is 8.85. The molecule has 8 heteroatoms. The van der Waals surface area contributed by atoms with Crippen LogP contribution in [-0.2, 0) is 0 Å². The normalized spacial score (nSPS) is 14.8. The van der Waals surface area contributed by atoms with Crippen LogP contribution in [0.15, 0.2) is 54.6 Å². The smallest absolute Gasteiger partial charge is 0.149 e. The minimum Gasteiger partial charge on any atom is -0.353 e. The van der Waals surface area contributed by atoms with E-state index in [1.807, 2.05) is 51.5 Å². The summed E-state index contributed by atoms with van der Waals surface area (Å²) >= 11 is 0. The van der Waals surface area contributed by atoms with E-state index in [0.717, 1.165) is 76.3 Å². The van der Waals surface area contributed by atoms with Gasteiger partial charge in [0.1, 0.15) is 17.2 Å². The number of H-pyrrole nitrogens is 1. The van der Waals surface area contributed by atoms with Crippen molar-refractivity contribution in [2.75, 3.05) is 25.5 Å². The Morgan fingerprint density at radius 2 is 1.97 bits per heavy atom. The fourth-order valence-electron chi connectivity index (χ4n) is 4.77. The van der Waals surface area contributed by atoms with Crippen molar-refractivity contribution in [3.63, 3.8) is 0 Å². The molecule has 1 fully saturated rings. The Balaban J connectivity index is 1.39. The Bertz CT molecular complexity index is 1430. The molecular weight excluding hydrogens is 453 g/mol. The summed E-state index contributed by atoms with van der Waals surface area (Å²) in [5.41, 5.74) is 6.87. The van der Waals surface area contributed by atoms with Gasteiger partial charge < -0.3 is 15.2 Å². The van der Waals surface area contributed by atoms with Crippen LogP contribution in [0.5, 0.6) is 0 Å². The number of nitrogens with zero attached hydrogens (tertiary/aromatic N) is 5. The van der Waals surface area contributed by atoms with Gasteiger partial charge in [-0.05, 0) is 83.1 Å². The summed E-state index contributed by atoms with van der Waals surface area (Å²) < 4.78 is 17.0. The second-order valence-electron chi connectivity index (χ2n) is 9.85.